The van der Waals surface area contributed by atoms with Crippen LogP contribution in [0.15, 0.2) is 84.9 Å². The van der Waals surface area contributed by atoms with Crippen molar-refractivity contribution in [3.63, 3.8) is 0 Å². The largest absolute Gasteiger partial charge is 0.309 e. The van der Waals surface area contributed by atoms with Gasteiger partial charge in [-0.25, -0.2) is 0 Å². The number of hydrogen-bond acceptors (Lipinski definition) is 2. The van der Waals surface area contributed by atoms with Crippen LogP contribution in [0.25, 0.3) is 11.1 Å². The molecule has 1 atom stereocenters. The zero-order chi connectivity index (χ0) is 18.6. The van der Waals surface area contributed by atoms with Gasteiger partial charge in [0.05, 0.1) is 11.7 Å². The Labute approximate surface area is 160 Å². The Morgan fingerprint density at radius 3 is 2.19 bits per heavy atom. The van der Waals surface area contributed by atoms with Crippen molar-refractivity contribution in [2.45, 2.75) is 19.5 Å². The van der Waals surface area contributed by atoms with Crippen molar-refractivity contribution in [1.82, 2.24) is 4.90 Å². The molecule has 1 aliphatic heterocycles. The number of piperazine rings is 1. The Bertz CT molecular complexity index is 908. The van der Waals surface area contributed by atoms with Gasteiger partial charge in [-0.15, -0.1) is 0 Å². The first-order valence-electron chi connectivity index (χ1n) is 9.48. The smallest absolute Gasteiger partial charge is 0.244 e. The summed E-state index contributed by atoms with van der Waals surface area (Å²) in [6.07, 6.45) is 0. The third kappa shape index (κ3) is 3.64. The third-order valence-corrected chi connectivity index (χ3v) is 5.29. The van der Waals surface area contributed by atoms with Gasteiger partial charge in [-0.1, -0.05) is 78.9 Å². The molecular weight excluding hydrogens is 332 g/mol. The Hall–Kier alpha value is -2.91. The fourth-order valence-electron chi connectivity index (χ4n) is 3.76. The fraction of sp³-hybridized carbons (Fsp3) is 0.208. The first kappa shape index (κ1) is 17.5. The van der Waals surface area contributed by atoms with Crippen LogP contribution in [0.2, 0.25) is 0 Å². The van der Waals surface area contributed by atoms with Gasteiger partial charge in [-0.2, -0.15) is 0 Å². The van der Waals surface area contributed by atoms with Crippen molar-refractivity contribution in [1.29, 1.82) is 0 Å². The van der Waals surface area contributed by atoms with Crippen LogP contribution >= 0.6 is 0 Å². The summed E-state index contributed by atoms with van der Waals surface area (Å²) in [5.74, 6) is 0.167. The number of amides is 1. The molecule has 136 valence electrons. The van der Waals surface area contributed by atoms with Gasteiger partial charge in [0.1, 0.15) is 0 Å². The van der Waals surface area contributed by atoms with Gasteiger partial charge in [0.15, 0.2) is 0 Å². The quantitative estimate of drug-likeness (QED) is 0.682. The van der Waals surface area contributed by atoms with E-state index in [9.17, 15) is 4.79 Å². The number of nitrogens with zero attached hydrogens (tertiary/aromatic N) is 2. The molecule has 3 aromatic rings. The highest BCUT2D eigenvalue weighted by Crippen LogP contribution is 2.32. The van der Waals surface area contributed by atoms with E-state index in [1.165, 1.54) is 5.56 Å². The van der Waals surface area contributed by atoms with Crippen molar-refractivity contribution in [3.8, 4) is 11.1 Å². The molecule has 0 aliphatic carbocycles. The molecule has 1 saturated heterocycles. The highest BCUT2D eigenvalue weighted by molar-refractivity contribution is 6.01. The van der Waals surface area contributed by atoms with Crippen LogP contribution < -0.4 is 4.90 Å². The molecule has 1 unspecified atom stereocenters. The molecule has 0 aromatic heterocycles. The maximum atomic E-state index is 13.2. The first-order valence-corrected chi connectivity index (χ1v) is 9.48. The predicted octanol–water partition coefficient (Wildman–Crippen LogP) is 4.59. The van der Waals surface area contributed by atoms with E-state index in [2.05, 4.69) is 41.3 Å². The molecule has 1 fully saturated rings. The van der Waals surface area contributed by atoms with E-state index in [0.717, 1.165) is 29.9 Å². The minimum atomic E-state index is -0.136. The number of para-hydroxylation sites is 1. The van der Waals surface area contributed by atoms with Crippen molar-refractivity contribution >= 4 is 11.6 Å². The van der Waals surface area contributed by atoms with Crippen LogP contribution in [-0.2, 0) is 11.3 Å². The number of anilines is 1. The van der Waals surface area contributed by atoms with E-state index in [1.54, 1.807) is 0 Å². The number of carbonyl (C=O) groups excluding carboxylic acids is 1. The van der Waals surface area contributed by atoms with Crippen LogP contribution in [0.3, 0.4) is 0 Å². The number of rotatable bonds is 4. The van der Waals surface area contributed by atoms with E-state index in [0.29, 0.717) is 6.54 Å². The molecule has 3 nitrogen and oxygen atoms in total. The zero-order valence-corrected chi connectivity index (χ0v) is 15.6. The summed E-state index contributed by atoms with van der Waals surface area (Å²) in [5.41, 5.74) is 4.49. The summed E-state index contributed by atoms with van der Waals surface area (Å²) in [7, 11) is 0. The second-order valence-corrected chi connectivity index (χ2v) is 7.01. The summed E-state index contributed by atoms with van der Waals surface area (Å²) in [5, 5.41) is 0. The molecule has 0 spiro atoms. The lowest BCUT2D eigenvalue weighted by Crippen LogP contribution is -2.55. The predicted molar refractivity (Wildman–Crippen MR) is 111 cm³/mol. The lowest BCUT2D eigenvalue weighted by molar-refractivity contribution is -0.125. The Morgan fingerprint density at radius 2 is 1.44 bits per heavy atom. The average molecular weight is 356 g/mol. The summed E-state index contributed by atoms with van der Waals surface area (Å²) in [4.78, 5) is 17.4. The van der Waals surface area contributed by atoms with Crippen LogP contribution in [-0.4, -0.2) is 29.9 Å². The van der Waals surface area contributed by atoms with Gasteiger partial charge >= 0.3 is 0 Å². The molecule has 0 radical (unpaired) electrons. The molecule has 0 saturated carbocycles. The SMILES string of the molecule is CC1C(=O)N(c2ccccc2-c2ccccc2)CCN1Cc1ccccc1. The van der Waals surface area contributed by atoms with Crippen molar-refractivity contribution in [2.24, 2.45) is 0 Å². The van der Waals surface area contributed by atoms with Gasteiger partial charge in [0.25, 0.3) is 0 Å². The standard InChI is InChI=1S/C24H24N2O/c1-19-24(27)26(17-16-25(19)18-20-10-4-2-5-11-20)23-15-9-8-14-22(23)21-12-6-3-7-13-21/h2-15,19H,16-18H2,1H3. The maximum absolute atomic E-state index is 13.2. The van der Waals surface area contributed by atoms with Gasteiger partial charge in [-0.05, 0) is 24.1 Å². The monoisotopic (exact) mass is 356 g/mol. The van der Waals surface area contributed by atoms with Crippen molar-refractivity contribution < 1.29 is 4.79 Å². The number of carbonyl (C=O) groups is 1. The molecule has 0 bridgehead atoms. The van der Waals surface area contributed by atoms with E-state index in [4.69, 9.17) is 0 Å². The lowest BCUT2D eigenvalue weighted by atomic mass is 10.0. The first-order chi connectivity index (χ1) is 13.2. The van der Waals surface area contributed by atoms with E-state index in [1.807, 2.05) is 60.4 Å². The molecule has 4 rings (SSSR count). The van der Waals surface area contributed by atoms with E-state index >= 15 is 0 Å². The summed E-state index contributed by atoms with van der Waals surface area (Å²) in [6, 6.07) is 28.7. The minimum absolute atomic E-state index is 0.136. The summed E-state index contributed by atoms with van der Waals surface area (Å²) in [6.45, 7) is 4.40. The highest BCUT2D eigenvalue weighted by Gasteiger charge is 2.33. The van der Waals surface area contributed by atoms with Crippen LogP contribution in [0.5, 0.6) is 0 Å². The van der Waals surface area contributed by atoms with Crippen LogP contribution in [0.1, 0.15) is 12.5 Å². The highest BCUT2D eigenvalue weighted by atomic mass is 16.2. The van der Waals surface area contributed by atoms with Gasteiger partial charge < -0.3 is 4.90 Å². The summed E-state index contributed by atoms with van der Waals surface area (Å²) < 4.78 is 0. The molecule has 0 N–H and O–H groups in total. The number of benzene rings is 3. The van der Waals surface area contributed by atoms with Crippen molar-refractivity contribution in [2.75, 3.05) is 18.0 Å². The van der Waals surface area contributed by atoms with Gasteiger partial charge in [0.2, 0.25) is 5.91 Å². The van der Waals surface area contributed by atoms with E-state index < -0.39 is 0 Å². The second kappa shape index (κ2) is 7.77. The van der Waals surface area contributed by atoms with Gasteiger partial charge in [-0.3, -0.25) is 9.69 Å². The maximum Gasteiger partial charge on any atom is 0.244 e. The Balaban J connectivity index is 1.58. The van der Waals surface area contributed by atoms with Crippen LogP contribution in [0, 0.1) is 0 Å². The molecule has 27 heavy (non-hydrogen) atoms. The van der Waals surface area contributed by atoms with Gasteiger partial charge in [0, 0.05) is 25.2 Å². The zero-order valence-electron chi connectivity index (χ0n) is 15.6. The molecule has 1 amide bonds. The minimum Gasteiger partial charge on any atom is -0.309 e. The fourth-order valence-corrected chi connectivity index (χ4v) is 3.76. The van der Waals surface area contributed by atoms with Crippen LogP contribution in [0.4, 0.5) is 5.69 Å². The second-order valence-electron chi connectivity index (χ2n) is 7.01. The molecule has 3 aromatic carbocycles. The number of hydrogen-bond donors (Lipinski definition) is 0. The molecular formula is C24H24N2O. The summed E-state index contributed by atoms with van der Waals surface area (Å²) >= 11 is 0. The molecule has 3 heteroatoms. The average Bonchev–Trinajstić information content (AvgIpc) is 2.73. The Morgan fingerprint density at radius 1 is 0.815 bits per heavy atom. The lowest BCUT2D eigenvalue weighted by Gasteiger charge is -2.39. The molecule has 1 heterocycles. The topological polar surface area (TPSA) is 23.6 Å². The van der Waals surface area contributed by atoms with Crippen molar-refractivity contribution in [3.05, 3.63) is 90.5 Å². The third-order valence-electron chi connectivity index (χ3n) is 5.29. The molecule has 1 aliphatic rings. The Kier molecular flexibility index (Phi) is 5.03. The van der Waals surface area contributed by atoms with E-state index in [-0.39, 0.29) is 11.9 Å². The normalized spacial score (nSPS) is 17.9.